The highest BCUT2D eigenvalue weighted by Gasteiger charge is 2.60. The maximum absolute atomic E-state index is 2.70. The van der Waals surface area contributed by atoms with Gasteiger partial charge in [0.25, 0.3) is 0 Å². The van der Waals surface area contributed by atoms with Crippen LogP contribution in [0, 0.1) is 46.8 Å². The molecule has 0 aromatic rings. The first-order valence-corrected chi connectivity index (χ1v) is 8.62. The summed E-state index contributed by atoms with van der Waals surface area (Å²) in [4.78, 5) is 0. The molecule has 0 nitrogen and oxygen atoms in total. The second-order valence-corrected chi connectivity index (χ2v) is 8.48. The highest BCUT2D eigenvalue weighted by atomic mass is 14.6. The van der Waals surface area contributed by atoms with E-state index in [1.165, 1.54) is 6.42 Å². The molecule has 0 aromatic heterocycles. The molecule has 0 aromatic carbocycles. The van der Waals surface area contributed by atoms with Crippen molar-refractivity contribution in [1.82, 2.24) is 0 Å². The van der Waals surface area contributed by atoms with Crippen molar-refractivity contribution in [3.8, 4) is 0 Å². The van der Waals surface area contributed by atoms with Gasteiger partial charge in [-0.3, -0.25) is 0 Å². The van der Waals surface area contributed by atoms with Crippen LogP contribution in [0.3, 0.4) is 0 Å². The molecule has 4 aliphatic rings. The lowest BCUT2D eigenvalue weighted by Gasteiger charge is -2.47. The summed E-state index contributed by atoms with van der Waals surface area (Å²) in [5.74, 6) is 7.52. The first-order valence-electron chi connectivity index (χ1n) is 8.62. The number of fused-ring (bicyclic) bond motifs is 3. The van der Waals surface area contributed by atoms with E-state index in [0.29, 0.717) is 5.41 Å². The molecule has 8 atom stereocenters. The summed E-state index contributed by atoms with van der Waals surface area (Å²) in [6.07, 6.45) is 10.9. The molecule has 0 aliphatic heterocycles. The molecular formula is C18H30. The first-order chi connectivity index (χ1) is 8.62. The fourth-order valence-corrected chi connectivity index (χ4v) is 7.27. The van der Waals surface area contributed by atoms with Crippen molar-refractivity contribution in [1.29, 1.82) is 0 Å². The molecule has 8 unspecified atom stereocenters. The molecule has 0 amide bonds. The zero-order valence-corrected chi connectivity index (χ0v) is 12.5. The van der Waals surface area contributed by atoms with Crippen LogP contribution in [0.15, 0.2) is 0 Å². The summed E-state index contributed by atoms with van der Waals surface area (Å²) >= 11 is 0. The second kappa shape index (κ2) is 3.76. The Morgan fingerprint density at radius 3 is 2.39 bits per heavy atom. The van der Waals surface area contributed by atoms with Gasteiger partial charge in [0, 0.05) is 0 Å². The van der Waals surface area contributed by atoms with Crippen molar-refractivity contribution in [2.75, 3.05) is 0 Å². The smallest absolute Gasteiger partial charge is 0.0238 e. The van der Waals surface area contributed by atoms with Gasteiger partial charge in [0.2, 0.25) is 0 Å². The molecule has 4 rings (SSSR count). The van der Waals surface area contributed by atoms with Gasteiger partial charge >= 0.3 is 0 Å². The predicted octanol–water partition coefficient (Wildman–Crippen LogP) is 5.13. The minimum Gasteiger partial charge on any atom is -0.0619 e. The molecule has 18 heavy (non-hydrogen) atoms. The summed E-state index contributed by atoms with van der Waals surface area (Å²) < 4.78 is 0. The Kier molecular flexibility index (Phi) is 2.47. The van der Waals surface area contributed by atoms with Gasteiger partial charge in [0.1, 0.15) is 0 Å². The molecule has 0 heteroatoms. The molecule has 0 radical (unpaired) electrons. The van der Waals surface area contributed by atoms with Crippen molar-refractivity contribution in [2.24, 2.45) is 46.8 Å². The summed E-state index contributed by atoms with van der Waals surface area (Å²) in [7, 11) is 0. The van der Waals surface area contributed by atoms with Gasteiger partial charge < -0.3 is 0 Å². The molecule has 4 aliphatic carbocycles. The summed E-state index contributed by atoms with van der Waals surface area (Å²) in [5.41, 5.74) is 0.715. The van der Waals surface area contributed by atoms with Gasteiger partial charge in [-0.25, -0.2) is 0 Å². The van der Waals surface area contributed by atoms with E-state index in [9.17, 15) is 0 Å². The SMILES string of the molecule is CC1C2CCCC2CC1C1(C)C2CCC(C2)C1C. The summed E-state index contributed by atoms with van der Waals surface area (Å²) in [5, 5.41) is 0. The molecule has 0 heterocycles. The third-order valence-electron chi connectivity index (χ3n) is 8.42. The van der Waals surface area contributed by atoms with E-state index in [0.717, 1.165) is 41.4 Å². The van der Waals surface area contributed by atoms with Crippen molar-refractivity contribution >= 4 is 0 Å². The van der Waals surface area contributed by atoms with E-state index >= 15 is 0 Å². The van der Waals surface area contributed by atoms with Crippen LogP contribution in [0.4, 0.5) is 0 Å². The topological polar surface area (TPSA) is 0 Å². The van der Waals surface area contributed by atoms with Crippen LogP contribution in [-0.2, 0) is 0 Å². The number of hydrogen-bond donors (Lipinski definition) is 0. The fraction of sp³-hybridized carbons (Fsp3) is 1.00. The van der Waals surface area contributed by atoms with Gasteiger partial charge in [-0.15, -0.1) is 0 Å². The van der Waals surface area contributed by atoms with Gasteiger partial charge in [0.05, 0.1) is 0 Å². The molecule has 2 bridgehead atoms. The molecular weight excluding hydrogens is 216 g/mol. The van der Waals surface area contributed by atoms with Crippen LogP contribution in [0.25, 0.3) is 0 Å². The molecule has 0 spiro atoms. The Morgan fingerprint density at radius 2 is 1.72 bits per heavy atom. The largest absolute Gasteiger partial charge is 0.0619 e. The Hall–Kier alpha value is 0. The molecule has 4 saturated carbocycles. The minimum absolute atomic E-state index is 0.715. The summed E-state index contributed by atoms with van der Waals surface area (Å²) in [6.45, 7) is 7.92. The van der Waals surface area contributed by atoms with Crippen molar-refractivity contribution in [3.63, 3.8) is 0 Å². The van der Waals surface area contributed by atoms with E-state index in [2.05, 4.69) is 20.8 Å². The van der Waals surface area contributed by atoms with Crippen LogP contribution in [-0.4, -0.2) is 0 Å². The Bertz CT molecular complexity index is 342. The van der Waals surface area contributed by atoms with Gasteiger partial charge in [0.15, 0.2) is 0 Å². The maximum Gasteiger partial charge on any atom is -0.0238 e. The van der Waals surface area contributed by atoms with E-state index in [-0.39, 0.29) is 0 Å². The third kappa shape index (κ3) is 1.28. The Morgan fingerprint density at radius 1 is 0.889 bits per heavy atom. The lowest BCUT2D eigenvalue weighted by molar-refractivity contribution is 0.0149. The maximum atomic E-state index is 2.70. The van der Waals surface area contributed by atoms with Gasteiger partial charge in [-0.2, -0.15) is 0 Å². The van der Waals surface area contributed by atoms with Gasteiger partial charge in [-0.1, -0.05) is 33.6 Å². The average molecular weight is 246 g/mol. The zero-order chi connectivity index (χ0) is 12.5. The Balaban J connectivity index is 1.63. The Labute approximate surface area is 113 Å². The summed E-state index contributed by atoms with van der Waals surface area (Å²) in [6, 6.07) is 0. The third-order valence-corrected chi connectivity index (χ3v) is 8.42. The molecule has 4 fully saturated rings. The van der Waals surface area contributed by atoms with E-state index < -0.39 is 0 Å². The van der Waals surface area contributed by atoms with E-state index in [1.807, 2.05) is 0 Å². The fourth-order valence-electron chi connectivity index (χ4n) is 7.27. The molecule has 0 saturated heterocycles. The molecule has 102 valence electrons. The normalized spacial score (nSPS) is 62.5. The van der Waals surface area contributed by atoms with Crippen LogP contribution >= 0.6 is 0 Å². The monoisotopic (exact) mass is 246 g/mol. The predicted molar refractivity (Wildman–Crippen MR) is 76.2 cm³/mol. The second-order valence-electron chi connectivity index (χ2n) is 8.48. The van der Waals surface area contributed by atoms with Crippen LogP contribution in [0.5, 0.6) is 0 Å². The lowest BCUT2D eigenvalue weighted by Crippen LogP contribution is -2.41. The van der Waals surface area contributed by atoms with Crippen LogP contribution < -0.4 is 0 Å². The van der Waals surface area contributed by atoms with E-state index in [4.69, 9.17) is 0 Å². The molecule has 0 N–H and O–H groups in total. The standard InChI is InChI=1S/C18H30/c1-11-16-6-4-5-14(16)10-17(11)18(3)12(2)13-7-8-15(18)9-13/h11-17H,4-10H2,1-3H3. The van der Waals surface area contributed by atoms with Crippen LogP contribution in [0.2, 0.25) is 0 Å². The van der Waals surface area contributed by atoms with Crippen LogP contribution in [0.1, 0.15) is 65.7 Å². The lowest BCUT2D eigenvalue weighted by atomic mass is 9.58. The highest BCUT2D eigenvalue weighted by molar-refractivity contribution is 5.09. The first kappa shape index (κ1) is 11.8. The van der Waals surface area contributed by atoms with Gasteiger partial charge in [-0.05, 0) is 78.9 Å². The zero-order valence-electron chi connectivity index (χ0n) is 12.5. The van der Waals surface area contributed by atoms with Crippen molar-refractivity contribution < 1.29 is 0 Å². The quantitative estimate of drug-likeness (QED) is 0.601. The van der Waals surface area contributed by atoms with E-state index in [1.54, 1.807) is 38.5 Å². The minimum atomic E-state index is 0.715. The highest BCUT2D eigenvalue weighted by Crippen LogP contribution is 2.68. The number of rotatable bonds is 1. The van der Waals surface area contributed by atoms with Crippen molar-refractivity contribution in [3.05, 3.63) is 0 Å². The number of hydrogen-bond acceptors (Lipinski definition) is 0. The van der Waals surface area contributed by atoms with Crippen molar-refractivity contribution in [2.45, 2.75) is 65.7 Å². The average Bonchev–Trinajstić information content (AvgIpc) is 3.06.